The van der Waals surface area contributed by atoms with E-state index in [-0.39, 0.29) is 11.4 Å². The molecular formula is C22H27N5. The number of para-hydroxylation sites is 1. The van der Waals surface area contributed by atoms with E-state index >= 15 is 0 Å². The van der Waals surface area contributed by atoms with Crippen molar-refractivity contribution in [3.63, 3.8) is 0 Å². The summed E-state index contributed by atoms with van der Waals surface area (Å²) in [5.41, 5.74) is 16.8. The molecule has 0 radical (unpaired) electrons. The van der Waals surface area contributed by atoms with Crippen LogP contribution < -0.4 is 11.5 Å². The summed E-state index contributed by atoms with van der Waals surface area (Å²) in [6.07, 6.45) is 1.80. The predicted octanol–water partition coefficient (Wildman–Crippen LogP) is 4.17. The smallest absolute Gasteiger partial charge is 0.186 e. The van der Waals surface area contributed by atoms with E-state index < -0.39 is 0 Å². The lowest BCUT2D eigenvalue weighted by atomic mass is 9.86. The van der Waals surface area contributed by atoms with Gasteiger partial charge >= 0.3 is 0 Å². The molecule has 0 aliphatic heterocycles. The molecule has 0 amide bonds. The second kappa shape index (κ2) is 8.45. The number of rotatable bonds is 3. The molecule has 3 rings (SSSR count). The van der Waals surface area contributed by atoms with Crippen LogP contribution in [0.3, 0.4) is 0 Å². The Morgan fingerprint density at radius 3 is 2.30 bits per heavy atom. The van der Waals surface area contributed by atoms with Crippen molar-refractivity contribution in [2.24, 2.45) is 16.5 Å². The normalized spacial score (nSPS) is 10.8. The van der Waals surface area contributed by atoms with Crippen molar-refractivity contribution >= 4 is 17.0 Å². The zero-order chi connectivity index (χ0) is 20.0. The van der Waals surface area contributed by atoms with E-state index in [1.54, 1.807) is 6.20 Å². The van der Waals surface area contributed by atoms with Gasteiger partial charge in [0.2, 0.25) is 0 Å². The number of benzene rings is 2. The summed E-state index contributed by atoms with van der Waals surface area (Å²) in [4.78, 5) is 13.4. The van der Waals surface area contributed by atoms with Crippen LogP contribution in [0.15, 0.2) is 66.8 Å². The molecule has 1 aromatic heterocycles. The molecule has 4 N–H and O–H groups in total. The van der Waals surface area contributed by atoms with Crippen LogP contribution in [0.25, 0.3) is 22.3 Å². The van der Waals surface area contributed by atoms with Crippen molar-refractivity contribution in [3.05, 3.63) is 72.9 Å². The van der Waals surface area contributed by atoms with Crippen molar-refractivity contribution in [1.82, 2.24) is 9.97 Å². The maximum Gasteiger partial charge on any atom is 0.186 e. The first-order valence-electron chi connectivity index (χ1n) is 8.75. The molecule has 0 aliphatic rings. The van der Waals surface area contributed by atoms with Gasteiger partial charge in [0.15, 0.2) is 5.96 Å². The standard InChI is InChI=1S/C20H23N5.C2H4/c1-20(2,3)15-9-7-13(8-10-15)17-12-23-18-14(11-24-19(21)22)5-4-6-16(18)25-17;1-2/h4-10,12H,11H2,1-3H3,(H4,21,22,24);1-2H2. The molecular weight excluding hydrogens is 334 g/mol. The molecule has 0 fully saturated rings. The van der Waals surface area contributed by atoms with Crippen LogP contribution in [0, 0.1) is 0 Å². The zero-order valence-electron chi connectivity index (χ0n) is 16.2. The first-order chi connectivity index (χ1) is 12.8. The highest BCUT2D eigenvalue weighted by Gasteiger charge is 2.13. The fourth-order valence-corrected chi connectivity index (χ4v) is 2.69. The molecule has 5 heteroatoms. The third kappa shape index (κ3) is 4.91. The minimum Gasteiger partial charge on any atom is -0.370 e. The van der Waals surface area contributed by atoms with Gasteiger partial charge in [-0.1, -0.05) is 57.2 Å². The van der Waals surface area contributed by atoms with Crippen molar-refractivity contribution in [3.8, 4) is 11.3 Å². The number of guanidine groups is 1. The van der Waals surface area contributed by atoms with E-state index in [9.17, 15) is 0 Å². The fraction of sp³-hybridized carbons (Fsp3) is 0.227. The summed E-state index contributed by atoms with van der Waals surface area (Å²) in [7, 11) is 0. The zero-order valence-corrected chi connectivity index (χ0v) is 16.2. The molecule has 27 heavy (non-hydrogen) atoms. The summed E-state index contributed by atoms with van der Waals surface area (Å²) < 4.78 is 0. The summed E-state index contributed by atoms with van der Waals surface area (Å²) in [6, 6.07) is 14.4. The highest BCUT2D eigenvalue weighted by atomic mass is 15.0. The molecule has 0 aliphatic carbocycles. The maximum absolute atomic E-state index is 5.42. The Morgan fingerprint density at radius 2 is 1.70 bits per heavy atom. The van der Waals surface area contributed by atoms with Gasteiger partial charge in [-0.3, -0.25) is 4.98 Å². The fourth-order valence-electron chi connectivity index (χ4n) is 2.69. The van der Waals surface area contributed by atoms with Crippen LogP contribution in [-0.2, 0) is 12.0 Å². The van der Waals surface area contributed by atoms with Gasteiger partial charge in [-0.25, -0.2) is 9.98 Å². The van der Waals surface area contributed by atoms with Crippen LogP contribution in [0.5, 0.6) is 0 Å². The molecule has 1 heterocycles. The van der Waals surface area contributed by atoms with E-state index in [1.807, 2.05) is 18.2 Å². The number of nitrogens with zero attached hydrogens (tertiary/aromatic N) is 3. The summed E-state index contributed by atoms with van der Waals surface area (Å²) in [6.45, 7) is 13.0. The Balaban J connectivity index is 0.00000126. The lowest BCUT2D eigenvalue weighted by Gasteiger charge is -2.19. The predicted molar refractivity (Wildman–Crippen MR) is 114 cm³/mol. The van der Waals surface area contributed by atoms with Crippen LogP contribution in [0.4, 0.5) is 0 Å². The molecule has 0 bridgehead atoms. The highest BCUT2D eigenvalue weighted by Crippen LogP contribution is 2.26. The van der Waals surface area contributed by atoms with Gasteiger partial charge in [-0.15, -0.1) is 13.2 Å². The monoisotopic (exact) mass is 361 g/mol. The first-order valence-corrected chi connectivity index (χ1v) is 8.75. The topological polar surface area (TPSA) is 90.2 Å². The number of aromatic nitrogens is 2. The number of fused-ring (bicyclic) bond motifs is 1. The van der Waals surface area contributed by atoms with Gasteiger partial charge in [0.25, 0.3) is 0 Å². The number of hydrogen-bond acceptors (Lipinski definition) is 3. The third-order valence-corrected chi connectivity index (χ3v) is 4.13. The van der Waals surface area contributed by atoms with Gasteiger partial charge in [0, 0.05) is 11.1 Å². The summed E-state index contributed by atoms with van der Waals surface area (Å²) >= 11 is 0. The van der Waals surface area contributed by atoms with Gasteiger partial charge in [-0.05, 0) is 17.0 Å². The lowest BCUT2D eigenvalue weighted by molar-refractivity contribution is 0.590. The quantitative estimate of drug-likeness (QED) is 0.416. The van der Waals surface area contributed by atoms with Crippen molar-refractivity contribution < 1.29 is 0 Å². The van der Waals surface area contributed by atoms with E-state index in [0.717, 1.165) is 27.9 Å². The van der Waals surface area contributed by atoms with Crippen LogP contribution in [0.1, 0.15) is 31.9 Å². The van der Waals surface area contributed by atoms with Crippen molar-refractivity contribution in [2.75, 3.05) is 0 Å². The van der Waals surface area contributed by atoms with E-state index in [1.165, 1.54) is 5.56 Å². The third-order valence-electron chi connectivity index (χ3n) is 4.13. The number of hydrogen-bond donors (Lipinski definition) is 2. The maximum atomic E-state index is 5.42. The van der Waals surface area contributed by atoms with Gasteiger partial charge in [-0.2, -0.15) is 0 Å². The molecule has 3 aromatic rings. The molecule has 0 saturated carbocycles. The second-order valence-electron chi connectivity index (χ2n) is 7.11. The average molecular weight is 361 g/mol. The largest absolute Gasteiger partial charge is 0.370 e. The molecule has 0 atom stereocenters. The molecule has 0 unspecified atom stereocenters. The Bertz CT molecular complexity index is 933. The van der Waals surface area contributed by atoms with Crippen LogP contribution in [-0.4, -0.2) is 15.9 Å². The first kappa shape index (κ1) is 20.1. The highest BCUT2D eigenvalue weighted by molar-refractivity contribution is 5.81. The van der Waals surface area contributed by atoms with E-state index in [4.69, 9.17) is 16.5 Å². The van der Waals surface area contributed by atoms with Crippen LogP contribution in [0.2, 0.25) is 0 Å². The summed E-state index contributed by atoms with van der Waals surface area (Å²) in [5.74, 6) is 0.0699. The van der Waals surface area contributed by atoms with E-state index in [2.05, 4.69) is 68.2 Å². The molecule has 0 spiro atoms. The minimum absolute atomic E-state index is 0.0699. The van der Waals surface area contributed by atoms with Crippen LogP contribution >= 0.6 is 0 Å². The number of nitrogens with two attached hydrogens (primary N) is 2. The van der Waals surface area contributed by atoms with Gasteiger partial charge in [0.05, 0.1) is 29.5 Å². The SMILES string of the molecule is C=C.CC(C)(C)c1ccc(-c2cnc3c(CN=C(N)N)cccc3n2)cc1. The van der Waals surface area contributed by atoms with Crippen molar-refractivity contribution in [2.45, 2.75) is 32.7 Å². The Labute approximate surface area is 160 Å². The van der Waals surface area contributed by atoms with Gasteiger partial charge in [0.1, 0.15) is 0 Å². The average Bonchev–Trinajstić information content (AvgIpc) is 2.67. The molecule has 5 nitrogen and oxygen atoms in total. The molecule has 2 aromatic carbocycles. The van der Waals surface area contributed by atoms with Gasteiger partial charge < -0.3 is 11.5 Å². The van der Waals surface area contributed by atoms with Crippen molar-refractivity contribution in [1.29, 1.82) is 0 Å². The Kier molecular flexibility index (Phi) is 6.29. The summed E-state index contributed by atoms with van der Waals surface area (Å²) in [5, 5.41) is 0. The molecule has 140 valence electrons. The van der Waals surface area contributed by atoms with E-state index in [0.29, 0.717) is 6.54 Å². The molecule has 0 saturated heterocycles. The lowest BCUT2D eigenvalue weighted by Crippen LogP contribution is -2.22. The Hall–Kier alpha value is -3.21. The minimum atomic E-state index is 0.0699. The second-order valence-corrected chi connectivity index (χ2v) is 7.11. The number of aliphatic imine (C=N–C) groups is 1. The Morgan fingerprint density at radius 1 is 1.04 bits per heavy atom.